The van der Waals surface area contributed by atoms with Crippen molar-refractivity contribution in [3.05, 3.63) is 40.4 Å². The van der Waals surface area contributed by atoms with Crippen LogP contribution >= 0.6 is 11.3 Å². The average Bonchev–Trinajstić information content (AvgIpc) is 3.18. The summed E-state index contributed by atoms with van der Waals surface area (Å²) >= 11 is 1.60. The SMILES string of the molecule is CC(C)C(=O)N1CCN(c2nc3c(s2)C[C@H](C(=O)Nc2ccc(F)cc2F)CC3)CC1. The highest BCUT2D eigenvalue weighted by atomic mass is 32.1. The van der Waals surface area contributed by atoms with Gasteiger partial charge in [0.05, 0.1) is 11.4 Å². The van der Waals surface area contributed by atoms with Gasteiger partial charge in [0.25, 0.3) is 0 Å². The van der Waals surface area contributed by atoms with Crippen molar-refractivity contribution in [3.63, 3.8) is 0 Å². The Hall–Kier alpha value is -2.55. The van der Waals surface area contributed by atoms with Crippen molar-refractivity contribution in [1.82, 2.24) is 9.88 Å². The summed E-state index contributed by atoms with van der Waals surface area (Å²) in [5.74, 6) is -1.79. The molecule has 1 atom stereocenters. The number of fused-ring (bicyclic) bond motifs is 1. The number of hydrogen-bond acceptors (Lipinski definition) is 5. The standard InChI is InChI=1S/C22H26F2N4O2S/c1-13(2)21(30)27-7-9-28(10-8-27)22-26-18-5-3-14(11-19(18)31-22)20(29)25-17-6-4-15(23)12-16(17)24/h4,6,12-14H,3,5,7-11H2,1-2H3,(H,25,29)/t14-/m1/s1. The zero-order valence-electron chi connectivity index (χ0n) is 17.7. The fourth-order valence-electron chi connectivity index (χ4n) is 4.03. The van der Waals surface area contributed by atoms with Crippen LogP contribution in [0.25, 0.3) is 0 Å². The molecule has 2 aromatic rings. The lowest BCUT2D eigenvalue weighted by molar-refractivity contribution is -0.134. The van der Waals surface area contributed by atoms with Crippen molar-refractivity contribution in [3.8, 4) is 0 Å². The highest BCUT2D eigenvalue weighted by molar-refractivity contribution is 7.15. The Labute approximate surface area is 184 Å². The van der Waals surface area contributed by atoms with Crippen LogP contribution in [-0.4, -0.2) is 47.9 Å². The summed E-state index contributed by atoms with van der Waals surface area (Å²) in [4.78, 5) is 34.8. The van der Waals surface area contributed by atoms with Crippen molar-refractivity contribution in [2.45, 2.75) is 33.1 Å². The number of rotatable bonds is 4. The first-order valence-electron chi connectivity index (χ1n) is 10.6. The molecule has 0 saturated carbocycles. The zero-order chi connectivity index (χ0) is 22.1. The molecule has 9 heteroatoms. The predicted octanol–water partition coefficient (Wildman–Crippen LogP) is 3.47. The first kappa shape index (κ1) is 21.7. The van der Waals surface area contributed by atoms with Crippen molar-refractivity contribution < 1.29 is 18.4 Å². The van der Waals surface area contributed by atoms with Gasteiger partial charge >= 0.3 is 0 Å². The minimum absolute atomic E-state index is 0.00370. The molecule has 2 amide bonds. The summed E-state index contributed by atoms with van der Waals surface area (Å²) in [6.07, 6.45) is 1.90. The molecule has 1 aliphatic heterocycles. The molecule has 166 valence electrons. The van der Waals surface area contributed by atoms with Gasteiger partial charge in [-0.2, -0.15) is 0 Å². The van der Waals surface area contributed by atoms with Gasteiger partial charge in [0, 0.05) is 49.0 Å². The lowest BCUT2D eigenvalue weighted by atomic mass is 9.90. The van der Waals surface area contributed by atoms with Crippen molar-refractivity contribution >= 4 is 34.0 Å². The molecule has 2 heterocycles. The number of aryl methyl sites for hydroxylation is 1. The lowest BCUT2D eigenvalue weighted by Gasteiger charge is -2.35. The largest absolute Gasteiger partial charge is 0.345 e. The molecular formula is C22H26F2N4O2S. The van der Waals surface area contributed by atoms with Gasteiger partial charge in [-0.15, -0.1) is 11.3 Å². The molecule has 31 heavy (non-hydrogen) atoms. The molecule has 6 nitrogen and oxygen atoms in total. The summed E-state index contributed by atoms with van der Waals surface area (Å²) < 4.78 is 26.9. The Kier molecular flexibility index (Phi) is 6.22. The monoisotopic (exact) mass is 448 g/mol. The van der Waals surface area contributed by atoms with Gasteiger partial charge in [0.1, 0.15) is 11.6 Å². The van der Waals surface area contributed by atoms with Gasteiger partial charge in [0.15, 0.2) is 5.13 Å². The fourth-order valence-corrected chi connectivity index (χ4v) is 5.27. The molecular weight excluding hydrogens is 422 g/mol. The van der Waals surface area contributed by atoms with E-state index in [4.69, 9.17) is 4.98 Å². The third-order valence-electron chi connectivity index (χ3n) is 5.84. The van der Waals surface area contributed by atoms with E-state index in [0.717, 1.165) is 40.9 Å². The zero-order valence-corrected chi connectivity index (χ0v) is 18.5. The molecule has 1 N–H and O–H groups in total. The molecule has 1 aromatic carbocycles. The number of hydrogen-bond donors (Lipinski definition) is 1. The molecule has 0 spiro atoms. The van der Waals surface area contributed by atoms with E-state index in [1.165, 1.54) is 6.07 Å². The van der Waals surface area contributed by atoms with E-state index < -0.39 is 11.6 Å². The molecule has 0 bridgehead atoms. The third-order valence-corrected chi connectivity index (χ3v) is 7.02. The van der Waals surface area contributed by atoms with Gasteiger partial charge in [-0.3, -0.25) is 9.59 Å². The molecule has 1 aliphatic carbocycles. The number of aromatic nitrogens is 1. The third kappa shape index (κ3) is 4.71. The van der Waals surface area contributed by atoms with E-state index in [1.54, 1.807) is 11.3 Å². The van der Waals surface area contributed by atoms with Crippen LogP contribution < -0.4 is 10.2 Å². The number of carbonyl (C=O) groups excluding carboxylic acids is 2. The maximum Gasteiger partial charge on any atom is 0.227 e. The highest BCUT2D eigenvalue weighted by Crippen LogP contribution is 2.35. The lowest BCUT2D eigenvalue weighted by Crippen LogP contribution is -2.49. The number of piperazine rings is 1. The summed E-state index contributed by atoms with van der Waals surface area (Å²) in [7, 11) is 0. The summed E-state index contributed by atoms with van der Waals surface area (Å²) in [5, 5.41) is 3.53. The summed E-state index contributed by atoms with van der Waals surface area (Å²) in [6.45, 7) is 6.71. The summed E-state index contributed by atoms with van der Waals surface area (Å²) in [5.41, 5.74) is 1.02. The van der Waals surface area contributed by atoms with E-state index in [-0.39, 0.29) is 29.3 Å². The second kappa shape index (κ2) is 8.90. The Morgan fingerprint density at radius 3 is 2.61 bits per heavy atom. The Bertz CT molecular complexity index is 986. The number of halogens is 2. The van der Waals surface area contributed by atoms with Crippen LogP contribution in [0.1, 0.15) is 30.8 Å². The highest BCUT2D eigenvalue weighted by Gasteiger charge is 2.30. The Balaban J connectivity index is 1.37. The van der Waals surface area contributed by atoms with Crippen LogP contribution in [-0.2, 0) is 22.4 Å². The second-order valence-corrected chi connectivity index (χ2v) is 9.45. The fraction of sp³-hybridized carbons (Fsp3) is 0.500. The number of thiazole rings is 1. The number of nitrogens with zero attached hydrogens (tertiary/aromatic N) is 3. The molecule has 0 radical (unpaired) electrons. The first-order chi connectivity index (χ1) is 14.8. The van der Waals surface area contributed by atoms with E-state index in [2.05, 4.69) is 10.2 Å². The number of benzene rings is 1. The maximum absolute atomic E-state index is 13.9. The van der Waals surface area contributed by atoms with Crippen molar-refractivity contribution in [2.75, 3.05) is 36.4 Å². The van der Waals surface area contributed by atoms with E-state index in [1.807, 2.05) is 18.7 Å². The summed E-state index contributed by atoms with van der Waals surface area (Å²) in [6, 6.07) is 3.13. The number of nitrogens with one attached hydrogen (secondary N) is 1. The number of carbonyl (C=O) groups is 2. The maximum atomic E-state index is 13.9. The first-order valence-corrected chi connectivity index (χ1v) is 11.4. The van der Waals surface area contributed by atoms with Crippen LogP contribution in [0.15, 0.2) is 18.2 Å². The van der Waals surface area contributed by atoms with E-state index >= 15 is 0 Å². The van der Waals surface area contributed by atoms with E-state index in [0.29, 0.717) is 32.4 Å². The normalized spacial score (nSPS) is 18.8. The smallest absolute Gasteiger partial charge is 0.227 e. The Morgan fingerprint density at radius 2 is 1.94 bits per heavy atom. The van der Waals surface area contributed by atoms with Gasteiger partial charge in [-0.1, -0.05) is 13.8 Å². The van der Waals surface area contributed by atoms with Crippen LogP contribution in [0.5, 0.6) is 0 Å². The Morgan fingerprint density at radius 1 is 1.19 bits per heavy atom. The molecule has 0 unspecified atom stereocenters. The van der Waals surface area contributed by atoms with Crippen molar-refractivity contribution in [2.24, 2.45) is 11.8 Å². The van der Waals surface area contributed by atoms with Crippen LogP contribution in [0.3, 0.4) is 0 Å². The molecule has 4 rings (SSSR count). The van der Waals surface area contributed by atoms with Gasteiger partial charge in [0.2, 0.25) is 11.8 Å². The van der Waals surface area contributed by atoms with Crippen LogP contribution in [0.4, 0.5) is 19.6 Å². The minimum Gasteiger partial charge on any atom is -0.345 e. The topological polar surface area (TPSA) is 65.5 Å². The van der Waals surface area contributed by atoms with Gasteiger partial charge in [-0.05, 0) is 31.4 Å². The second-order valence-electron chi connectivity index (χ2n) is 8.39. The predicted molar refractivity (Wildman–Crippen MR) is 116 cm³/mol. The minimum atomic E-state index is -0.778. The van der Waals surface area contributed by atoms with Gasteiger partial charge in [-0.25, -0.2) is 13.8 Å². The number of anilines is 2. The quantitative estimate of drug-likeness (QED) is 0.778. The molecule has 1 fully saturated rings. The number of amides is 2. The van der Waals surface area contributed by atoms with Crippen molar-refractivity contribution in [1.29, 1.82) is 0 Å². The molecule has 1 saturated heterocycles. The van der Waals surface area contributed by atoms with Gasteiger partial charge < -0.3 is 15.1 Å². The average molecular weight is 449 g/mol. The van der Waals surface area contributed by atoms with Crippen LogP contribution in [0, 0.1) is 23.5 Å². The molecule has 1 aromatic heterocycles. The van der Waals surface area contributed by atoms with Crippen LogP contribution in [0.2, 0.25) is 0 Å². The molecule has 2 aliphatic rings. The van der Waals surface area contributed by atoms with E-state index in [9.17, 15) is 18.4 Å².